The standard InChI is InChI=1S/C30H23F3N4O10S4/c1-17(47-51(43,44)30(31,32)33)24(25(39)45-16-19-12-14-20(15-13-19)37(41)42)36-26(40)29(35-18(2)38,46-21-8-4-3-5-9-21)27(36)49-50-28-34-22-10-6-7-11-23(22)48-28/h3-15,27H,16H2,1-2H3,(H,35,38)/t27-,29-/m1/s1. The Kier molecular flexibility index (Phi) is 10.8. The molecule has 2 atom stereocenters. The summed E-state index contributed by atoms with van der Waals surface area (Å²) in [5.41, 5.74) is -8.73. The first kappa shape index (κ1) is 37.4. The van der Waals surface area contributed by atoms with Gasteiger partial charge in [0.2, 0.25) is 5.91 Å². The second-order valence-corrected chi connectivity index (χ2v) is 15.5. The Labute approximate surface area is 298 Å². The molecular formula is C30H23F3N4O10S4. The summed E-state index contributed by atoms with van der Waals surface area (Å²) in [5, 5.41) is 12.0. The van der Waals surface area contributed by atoms with Crippen LogP contribution in [0.25, 0.3) is 10.2 Å². The number of non-ortho nitro benzene ring substituents is 1. The van der Waals surface area contributed by atoms with Gasteiger partial charge in [0, 0.05) is 19.1 Å². The highest BCUT2D eigenvalue weighted by molar-refractivity contribution is 8.77. The first-order valence-corrected chi connectivity index (χ1v) is 18.6. The third-order valence-corrected chi connectivity index (χ3v) is 11.8. The number of nitrogens with one attached hydrogen (secondary N) is 1. The van der Waals surface area contributed by atoms with Crippen LogP contribution in [0.15, 0.2) is 94.7 Å². The predicted octanol–water partition coefficient (Wildman–Crippen LogP) is 5.87. The number of esters is 1. The molecule has 2 heterocycles. The van der Waals surface area contributed by atoms with Gasteiger partial charge in [-0.1, -0.05) is 41.1 Å². The molecule has 0 aliphatic carbocycles. The number of carbonyl (C=O) groups excluding carboxylic acids is 3. The number of alkyl halides is 3. The summed E-state index contributed by atoms with van der Waals surface area (Å²) in [4.78, 5) is 55.9. The summed E-state index contributed by atoms with van der Waals surface area (Å²) in [6, 6.07) is 19.5. The molecule has 0 bridgehead atoms. The number of benzene rings is 3. The highest BCUT2D eigenvalue weighted by atomic mass is 33.1. The minimum absolute atomic E-state index is 0.0775. The van der Waals surface area contributed by atoms with E-state index in [-0.39, 0.29) is 17.0 Å². The van der Waals surface area contributed by atoms with Crippen molar-refractivity contribution in [2.75, 3.05) is 0 Å². The van der Waals surface area contributed by atoms with Crippen LogP contribution in [0.5, 0.6) is 5.75 Å². The van der Waals surface area contributed by atoms with Crippen molar-refractivity contribution in [3.8, 4) is 5.75 Å². The van der Waals surface area contributed by atoms with Crippen molar-refractivity contribution >= 4 is 76.7 Å². The molecule has 2 amide bonds. The Hall–Kier alpha value is -4.86. The molecule has 21 heteroatoms. The van der Waals surface area contributed by atoms with E-state index < -0.39 is 67.5 Å². The number of hydrogen-bond donors (Lipinski definition) is 1. The van der Waals surface area contributed by atoms with Gasteiger partial charge in [0.25, 0.3) is 17.3 Å². The van der Waals surface area contributed by atoms with Gasteiger partial charge in [0.1, 0.15) is 18.1 Å². The predicted molar refractivity (Wildman–Crippen MR) is 179 cm³/mol. The number of hydrogen-bond acceptors (Lipinski definition) is 14. The van der Waals surface area contributed by atoms with Crippen molar-refractivity contribution in [3.63, 3.8) is 0 Å². The molecule has 268 valence electrons. The molecule has 1 saturated heterocycles. The number of halogens is 3. The van der Waals surface area contributed by atoms with Crippen LogP contribution in [0.3, 0.4) is 0 Å². The van der Waals surface area contributed by atoms with Crippen molar-refractivity contribution in [1.82, 2.24) is 15.2 Å². The van der Waals surface area contributed by atoms with Gasteiger partial charge in [-0.2, -0.15) is 21.6 Å². The number of thiazole rings is 1. The van der Waals surface area contributed by atoms with Crippen molar-refractivity contribution in [2.24, 2.45) is 0 Å². The number of para-hydroxylation sites is 2. The van der Waals surface area contributed by atoms with E-state index in [2.05, 4.69) is 14.5 Å². The third-order valence-electron chi connectivity index (χ3n) is 6.79. The van der Waals surface area contributed by atoms with Crippen LogP contribution in [0.2, 0.25) is 0 Å². The van der Waals surface area contributed by atoms with E-state index in [4.69, 9.17) is 9.47 Å². The molecule has 0 saturated carbocycles. The molecule has 1 fully saturated rings. The highest BCUT2D eigenvalue weighted by Crippen LogP contribution is 2.50. The molecule has 14 nitrogen and oxygen atoms in total. The number of ether oxygens (including phenoxy) is 2. The van der Waals surface area contributed by atoms with Crippen LogP contribution >= 0.6 is 32.9 Å². The Bertz CT molecular complexity index is 2100. The zero-order valence-corrected chi connectivity index (χ0v) is 29.2. The summed E-state index contributed by atoms with van der Waals surface area (Å²) in [5.74, 6) is -4.59. The number of fused-ring (bicyclic) bond motifs is 1. The van der Waals surface area contributed by atoms with Gasteiger partial charge in [-0.25, -0.2) is 9.78 Å². The SMILES string of the molecule is CC(=O)N[C@@]1(Oc2ccccc2)C(=O)N(C(C(=O)OCc2ccc([N+](=O)[O-])cc2)=C(C)OS(=O)(=O)C(F)(F)F)[C@@H]1SSc1nc2ccccc2s1. The van der Waals surface area contributed by atoms with Crippen LogP contribution in [0, 0.1) is 10.1 Å². The molecule has 4 aromatic rings. The first-order chi connectivity index (χ1) is 24.0. The molecule has 3 aromatic carbocycles. The number of nitro benzene ring substituents is 1. The molecule has 0 spiro atoms. The highest BCUT2D eigenvalue weighted by Gasteiger charge is 2.68. The van der Waals surface area contributed by atoms with E-state index in [0.29, 0.717) is 21.7 Å². The van der Waals surface area contributed by atoms with Crippen LogP contribution in [-0.2, 0) is 40.0 Å². The number of likely N-dealkylation sites (tertiary alicyclic amines) is 1. The summed E-state index contributed by atoms with van der Waals surface area (Å²) >= 11 is 1.26. The van der Waals surface area contributed by atoms with Crippen molar-refractivity contribution in [2.45, 2.75) is 41.4 Å². The average Bonchev–Trinajstić information content (AvgIpc) is 3.49. The van der Waals surface area contributed by atoms with Crippen LogP contribution in [0.4, 0.5) is 18.9 Å². The van der Waals surface area contributed by atoms with E-state index >= 15 is 0 Å². The number of nitro groups is 1. The van der Waals surface area contributed by atoms with E-state index in [1.165, 1.54) is 35.6 Å². The second kappa shape index (κ2) is 14.8. The van der Waals surface area contributed by atoms with Gasteiger partial charge < -0.3 is 19.0 Å². The lowest BCUT2D eigenvalue weighted by atomic mass is 9.99. The van der Waals surface area contributed by atoms with Crippen molar-refractivity contribution < 1.29 is 54.6 Å². The largest absolute Gasteiger partial charge is 0.534 e. The lowest BCUT2D eigenvalue weighted by Gasteiger charge is -2.53. The number of allylic oxidation sites excluding steroid dienone is 1. The van der Waals surface area contributed by atoms with Crippen LogP contribution in [0.1, 0.15) is 19.4 Å². The van der Waals surface area contributed by atoms with Gasteiger partial charge >= 0.3 is 21.6 Å². The van der Waals surface area contributed by atoms with E-state index in [1.54, 1.807) is 36.4 Å². The molecule has 1 aromatic heterocycles. The van der Waals surface area contributed by atoms with Gasteiger partial charge in [0.15, 0.2) is 15.4 Å². The van der Waals surface area contributed by atoms with Crippen molar-refractivity contribution in [3.05, 3.63) is 106 Å². The Morgan fingerprint density at radius 2 is 1.71 bits per heavy atom. The molecule has 1 aliphatic rings. The summed E-state index contributed by atoms with van der Waals surface area (Å²) in [6.07, 6.45) is 0. The second-order valence-electron chi connectivity index (χ2n) is 10.4. The number of nitrogens with zero attached hydrogens (tertiary/aromatic N) is 3. The number of rotatable bonds is 13. The first-order valence-electron chi connectivity index (χ1n) is 14.2. The number of aromatic nitrogens is 1. The fourth-order valence-electron chi connectivity index (χ4n) is 4.57. The maximum Gasteiger partial charge on any atom is 0.534 e. The van der Waals surface area contributed by atoms with Gasteiger partial charge in [-0.15, -0.1) is 11.3 Å². The average molecular weight is 785 g/mol. The molecule has 0 radical (unpaired) electrons. The van der Waals surface area contributed by atoms with Gasteiger partial charge in [-0.05, 0) is 59.7 Å². The molecule has 51 heavy (non-hydrogen) atoms. The molecule has 5 rings (SSSR count). The fourth-order valence-corrected chi connectivity index (χ4v) is 9.08. The monoisotopic (exact) mass is 784 g/mol. The quantitative estimate of drug-likeness (QED) is 0.0163. The topological polar surface area (TPSA) is 184 Å². The van der Waals surface area contributed by atoms with Gasteiger partial charge in [-0.3, -0.25) is 24.6 Å². The normalized spacial score (nSPS) is 18.0. The lowest BCUT2D eigenvalue weighted by molar-refractivity contribution is -0.384. The van der Waals surface area contributed by atoms with E-state index in [9.17, 15) is 46.1 Å². The van der Waals surface area contributed by atoms with Crippen molar-refractivity contribution in [1.29, 1.82) is 0 Å². The summed E-state index contributed by atoms with van der Waals surface area (Å²) in [6.45, 7) is 1.17. The van der Waals surface area contributed by atoms with E-state index in [1.807, 2.05) is 6.07 Å². The molecular weight excluding hydrogens is 762 g/mol. The smallest absolute Gasteiger partial charge is 0.456 e. The maximum absolute atomic E-state index is 14.2. The Morgan fingerprint density at radius 1 is 1.06 bits per heavy atom. The summed E-state index contributed by atoms with van der Waals surface area (Å²) in [7, 11) is -4.57. The Morgan fingerprint density at radius 3 is 2.31 bits per heavy atom. The minimum Gasteiger partial charge on any atom is -0.456 e. The molecule has 1 aliphatic heterocycles. The number of amides is 2. The van der Waals surface area contributed by atoms with E-state index in [0.717, 1.165) is 45.3 Å². The van der Waals surface area contributed by atoms with Crippen LogP contribution < -0.4 is 10.1 Å². The van der Waals surface area contributed by atoms with Gasteiger partial charge in [0.05, 0.1) is 15.1 Å². The molecule has 1 N–H and O–H groups in total. The zero-order valence-electron chi connectivity index (χ0n) is 26.0. The maximum atomic E-state index is 14.2. The minimum atomic E-state index is -6.36. The number of carbonyl (C=O) groups is 3. The lowest BCUT2D eigenvalue weighted by Crippen LogP contribution is -2.81. The fraction of sp³-hybridized carbons (Fsp3) is 0.200. The zero-order chi connectivity index (χ0) is 37.1. The summed E-state index contributed by atoms with van der Waals surface area (Å²) < 4.78 is 81.2. The number of β-lactam (4-membered cyclic amide) rings is 1. The Balaban J connectivity index is 1.58. The van der Waals surface area contributed by atoms with Crippen LogP contribution in [-0.4, -0.2) is 57.6 Å². The molecule has 0 unspecified atom stereocenters. The third kappa shape index (κ3) is 8.05.